The van der Waals surface area contributed by atoms with Crippen molar-refractivity contribution in [2.45, 2.75) is 6.42 Å². The molecule has 2 aromatic rings. The van der Waals surface area contributed by atoms with E-state index < -0.39 is 5.97 Å². The average Bonchev–Trinajstić information content (AvgIpc) is 2.80. The fraction of sp³-hybridized carbons (Fsp3) is 0.176. The second kappa shape index (κ2) is 7.15. The van der Waals surface area contributed by atoms with E-state index in [1.807, 2.05) is 0 Å². The van der Waals surface area contributed by atoms with Crippen molar-refractivity contribution < 1.29 is 19.4 Å². The minimum atomic E-state index is -0.980. The molecule has 120 valence electrons. The molecule has 0 atom stereocenters. The van der Waals surface area contributed by atoms with Crippen molar-refractivity contribution in [1.82, 2.24) is 4.57 Å². The largest absolute Gasteiger partial charge is 0.487 e. The highest BCUT2D eigenvalue weighted by Crippen LogP contribution is 2.27. The van der Waals surface area contributed by atoms with Gasteiger partial charge in [0.05, 0.1) is 6.42 Å². The van der Waals surface area contributed by atoms with Gasteiger partial charge in [-0.3, -0.25) is 9.59 Å². The highest BCUT2D eigenvalue weighted by atomic mass is 35.5. The maximum absolute atomic E-state index is 12.7. The van der Waals surface area contributed by atoms with E-state index in [0.29, 0.717) is 27.7 Å². The van der Waals surface area contributed by atoms with Gasteiger partial charge in [-0.1, -0.05) is 24.3 Å². The summed E-state index contributed by atoms with van der Waals surface area (Å²) < 4.78 is 7.06. The van der Waals surface area contributed by atoms with Gasteiger partial charge in [0.2, 0.25) is 5.78 Å². The van der Waals surface area contributed by atoms with E-state index in [-0.39, 0.29) is 18.8 Å². The van der Waals surface area contributed by atoms with Crippen molar-refractivity contribution in [3.05, 3.63) is 65.0 Å². The summed E-state index contributed by atoms with van der Waals surface area (Å²) in [6, 6.07) is 8.05. The number of carboxylic acid groups (broad SMARTS) is 1. The average molecular weight is 334 g/mol. The molecular weight excluding hydrogens is 318 g/mol. The third-order valence-electron chi connectivity index (χ3n) is 3.31. The molecule has 1 aromatic heterocycles. The van der Waals surface area contributed by atoms with Crippen LogP contribution in [-0.2, 0) is 18.3 Å². The van der Waals surface area contributed by atoms with Crippen molar-refractivity contribution in [1.29, 1.82) is 0 Å². The van der Waals surface area contributed by atoms with E-state index in [1.165, 1.54) is 0 Å². The molecule has 1 N–H and O–H groups in total. The first-order valence-corrected chi connectivity index (χ1v) is 7.26. The second-order valence-corrected chi connectivity index (χ2v) is 5.35. The summed E-state index contributed by atoms with van der Waals surface area (Å²) in [5.74, 6) is -0.908. The lowest BCUT2D eigenvalue weighted by Crippen LogP contribution is -2.12. The van der Waals surface area contributed by atoms with Gasteiger partial charge in [0.1, 0.15) is 18.1 Å². The summed E-state index contributed by atoms with van der Waals surface area (Å²) >= 11 is 5.84. The summed E-state index contributed by atoms with van der Waals surface area (Å²) in [5, 5.41) is 9.51. The molecule has 23 heavy (non-hydrogen) atoms. The van der Waals surface area contributed by atoms with Gasteiger partial charge in [-0.05, 0) is 24.3 Å². The lowest BCUT2D eigenvalue weighted by atomic mass is 10.1. The number of rotatable bonds is 7. The van der Waals surface area contributed by atoms with Crippen LogP contribution in [0.25, 0.3) is 0 Å². The number of halogens is 1. The van der Waals surface area contributed by atoms with Gasteiger partial charge in [0, 0.05) is 29.4 Å². The molecule has 0 aliphatic heterocycles. The van der Waals surface area contributed by atoms with E-state index in [2.05, 4.69) is 6.58 Å². The molecule has 0 unspecified atom stereocenters. The first kappa shape index (κ1) is 16.8. The number of carboxylic acids is 1. The summed E-state index contributed by atoms with van der Waals surface area (Å²) in [7, 11) is 1.64. The zero-order chi connectivity index (χ0) is 17.0. The number of ketones is 1. The Bertz CT molecular complexity index is 747. The van der Waals surface area contributed by atoms with Crippen molar-refractivity contribution >= 4 is 23.4 Å². The van der Waals surface area contributed by atoms with Crippen LogP contribution in [0.15, 0.2) is 43.0 Å². The van der Waals surface area contributed by atoms with Gasteiger partial charge in [-0.25, -0.2) is 0 Å². The van der Waals surface area contributed by atoms with Crippen LogP contribution in [0, 0.1) is 0 Å². The van der Waals surface area contributed by atoms with Crippen LogP contribution in [0.3, 0.4) is 0 Å². The monoisotopic (exact) mass is 333 g/mol. The third kappa shape index (κ3) is 3.81. The van der Waals surface area contributed by atoms with Gasteiger partial charge < -0.3 is 14.4 Å². The number of hydrogen-bond acceptors (Lipinski definition) is 3. The Labute approximate surface area is 138 Å². The topological polar surface area (TPSA) is 68.5 Å². The van der Waals surface area contributed by atoms with Gasteiger partial charge >= 0.3 is 5.97 Å². The Morgan fingerprint density at radius 3 is 2.57 bits per heavy atom. The number of ether oxygens (including phenoxy) is 1. The molecule has 0 spiro atoms. The van der Waals surface area contributed by atoms with Crippen LogP contribution in [0.5, 0.6) is 5.75 Å². The van der Waals surface area contributed by atoms with Crippen LogP contribution in [0.1, 0.15) is 21.7 Å². The van der Waals surface area contributed by atoms with E-state index in [1.54, 1.807) is 48.0 Å². The molecule has 6 heteroatoms. The maximum Gasteiger partial charge on any atom is 0.309 e. The highest BCUT2D eigenvalue weighted by Gasteiger charge is 2.22. The predicted octanol–water partition coefficient (Wildman–Crippen LogP) is 3.10. The lowest BCUT2D eigenvalue weighted by Gasteiger charge is -2.08. The van der Waals surface area contributed by atoms with Crippen LogP contribution < -0.4 is 4.74 Å². The summed E-state index contributed by atoms with van der Waals surface area (Å²) in [6.07, 6.45) is 1.36. The zero-order valence-electron chi connectivity index (χ0n) is 12.6. The van der Waals surface area contributed by atoms with Gasteiger partial charge in [-0.15, -0.1) is 0 Å². The smallest absolute Gasteiger partial charge is 0.309 e. The second-order valence-electron chi connectivity index (χ2n) is 4.91. The molecular formula is C17H16ClNO4. The first-order chi connectivity index (χ1) is 10.9. The molecule has 0 radical (unpaired) electrons. The number of carbonyl (C=O) groups excluding carboxylic acids is 1. The minimum absolute atomic E-state index is 0.200. The molecule has 0 aliphatic rings. The van der Waals surface area contributed by atoms with Crippen LogP contribution in [-0.4, -0.2) is 28.0 Å². The molecule has 2 rings (SSSR count). The number of aliphatic carboxylic acids is 1. The SMILES string of the molecule is C=CCOc1cc(CC(=O)O)n(C)c1C(=O)c1ccc(Cl)cc1. The molecule has 0 fully saturated rings. The van der Waals surface area contributed by atoms with Crippen LogP contribution >= 0.6 is 11.6 Å². The Hall–Kier alpha value is -2.53. The number of hydrogen-bond donors (Lipinski definition) is 1. The van der Waals surface area contributed by atoms with E-state index >= 15 is 0 Å². The summed E-state index contributed by atoms with van der Waals surface area (Å²) in [5.41, 5.74) is 1.22. The Kier molecular flexibility index (Phi) is 5.24. The minimum Gasteiger partial charge on any atom is -0.487 e. The number of benzene rings is 1. The number of aromatic nitrogens is 1. The fourth-order valence-electron chi connectivity index (χ4n) is 2.21. The normalized spacial score (nSPS) is 10.3. The van der Waals surface area contributed by atoms with Crippen LogP contribution in [0.4, 0.5) is 0 Å². The maximum atomic E-state index is 12.7. The number of carbonyl (C=O) groups is 2. The van der Waals surface area contributed by atoms with Gasteiger partial charge in [0.15, 0.2) is 0 Å². The van der Waals surface area contributed by atoms with Gasteiger partial charge in [-0.2, -0.15) is 0 Å². The van der Waals surface area contributed by atoms with E-state index in [0.717, 1.165) is 0 Å². The fourth-order valence-corrected chi connectivity index (χ4v) is 2.34. The van der Waals surface area contributed by atoms with Crippen molar-refractivity contribution in [2.75, 3.05) is 6.61 Å². The standard InChI is InChI=1S/C17H16ClNO4/c1-3-8-23-14-9-13(10-15(20)21)19(2)16(14)17(22)11-4-6-12(18)7-5-11/h3-7,9H,1,8,10H2,2H3,(H,20,21). The molecule has 0 saturated carbocycles. The predicted molar refractivity (Wildman–Crippen MR) is 87.3 cm³/mol. The van der Waals surface area contributed by atoms with Crippen molar-refractivity contribution in [2.24, 2.45) is 7.05 Å². The number of nitrogens with zero attached hydrogens (tertiary/aromatic N) is 1. The first-order valence-electron chi connectivity index (χ1n) is 6.88. The summed E-state index contributed by atoms with van der Waals surface area (Å²) in [4.78, 5) is 23.7. The highest BCUT2D eigenvalue weighted by molar-refractivity contribution is 6.30. The van der Waals surface area contributed by atoms with Crippen molar-refractivity contribution in [3.63, 3.8) is 0 Å². The van der Waals surface area contributed by atoms with Crippen molar-refractivity contribution in [3.8, 4) is 5.75 Å². The Balaban J connectivity index is 2.46. The molecule has 0 bridgehead atoms. The molecule has 0 saturated heterocycles. The Morgan fingerprint density at radius 2 is 2.00 bits per heavy atom. The molecule has 0 amide bonds. The molecule has 0 aliphatic carbocycles. The molecule has 1 heterocycles. The third-order valence-corrected chi connectivity index (χ3v) is 3.56. The lowest BCUT2D eigenvalue weighted by molar-refractivity contribution is -0.136. The molecule has 5 nitrogen and oxygen atoms in total. The molecule has 1 aromatic carbocycles. The zero-order valence-corrected chi connectivity index (χ0v) is 13.3. The van der Waals surface area contributed by atoms with E-state index in [4.69, 9.17) is 21.4 Å². The van der Waals surface area contributed by atoms with E-state index in [9.17, 15) is 9.59 Å². The van der Waals surface area contributed by atoms with Gasteiger partial charge in [0.25, 0.3) is 0 Å². The van der Waals surface area contributed by atoms with Crippen LogP contribution in [0.2, 0.25) is 5.02 Å². The summed E-state index contributed by atoms with van der Waals surface area (Å²) in [6.45, 7) is 3.79. The Morgan fingerprint density at radius 1 is 1.35 bits per heavy atom. The quantitative estimate of drug-likeness (QED) is 0.624.